The Balaban J connectivity index is 5.07. The number of carboxylic acid groups (broad SMARTS) is 2. The summed E-state index contributed by atoms with van der Waals surface area (Å²) in [7, 11) is 1.33. The average molecular weight is 289 g/mol. The van der Waals surface area contributed by atoms with Gasteiger partial charge in [0.25, 0.3) is 0 Å². The van der Waals surface area contributed by atoms with Gasteiger partial charge in [-0.2, -0.15) is 0 Å². The zero-order chi connectivity index (χ0) is 15.7. The third-order valence-electron chi connectivity index (χ3n) is 2.97. The molecule has 0 fully saturated rings. The molecule has 116 valence electrons. The maximum absolute atomic E-state index is 12.0. The van der Waals surface area contributed by atoms with Crippen LogP contribution in [0, 0.1) is 5.92 Å². The van der Waals surface area contributed by atoms with Gasteiger partial charge in [0, 0.05) is 13.7 Å². The molecule has 0 aliphatic rings. The van der Waals surface area contributed by atoms with Crippen LogP contribution >= 0.6 is 0 Å². The summed E-state index contributed by atoms with van der Waals surface area (Å²) >= 11 is 0. The van der Waals surface area contributed by atoms with Crippen LogP contribution in [0.3, 0.4) is 0 Å². The Kier molecular flexibility index (Phi) is 8.54. The summed E-state index contributed by atoms with van der Waals surface area (Å²) < 4.78 is 4.73. The summed E-state index contributed by atoms with van der Waals surface area (Å²) in [5, 5.41) is 18.2. The largest absolute Gasteiger partial charge is 0.481 e. The van der Waals surface area contributed by atoms with Gasteiger partial charge < -0.3 is 19.8 Å². The van der Waals surface area contributed by atoms with Crippen LogP contribution in [0.2, 0.25) is 0 Å². The normalized spacial score (nSPS) is 13.6. The number of carbonyl (C=O) groups excluding carboxylic acids is 1. The number of aliphatic carboxylic acids is 2. The van der Waals surface area contributed by atoms with Crippen LogP contribution in [0.25, 0.3) is 0 Å². The van der Waals surface area contributed by atoms with E-state index in [1.54, 1.807) is 0 Å². The average Bonchev–Trinajstić information content (AvgIpc) is 2.37. The van der Waals surface area contributed by atoms with Crippen molar-refractivity contribution in [2.75, 3.05) is 20.3 Å². The second-order valence-electron chi connectivity index (χ2n) is 4.71. The lowest BCUT2D eigenvalue weighted by Gasteiger charge is -2.30. The first-order valence-corrected chi connectivity index (χ1v) is 6.59. The van der Waals surface area contributed by atoms with Crippen LogP contribution in [0.4, 0.5) is 0 Å². The van der Waals surface area contributed by atoms with Gasteiger partial charge in [-0.05, 0) is 6.42 Å². The number of hydrogen-bond donors (Lipinski definition) is 2. The van der Waals surface area contributed by atoms with E-state index in [1.165, 1.54) is 14.0 Å². The SMILES string of the molecule is CCCCC(C(=O)O)N(CC(C)C(=O)O)C(=O)COC. The molecule has 0 aromatic rings. The van der Waals surface area contributed by atoms with Gasteiger partial charge >= 0.3 is 11.9 Å². The van der Waals surface area contributed by atoms with E-state index in [2.05, 4.69) is 0 Å². The van der Waals surface area contributed by atoms with E-state index in [0.29, 0.717) is 12.8 Å². The fourth-order valence-corrected chi connectivity index (χ4v) is 1.79. The Hall–Kier alpha value is -1.63. The summed E-state index contributed by atoms with van der Waals surface area (Å²) in [5.74, 6) is -3.54. The summed E-state index contributed by atoms with van der Waals surface area (Å²) in [6.07, 6.45) is 1.74. The van der Waals surface area contributed by atoms with Crippen LogP contribution in [0.5, 0.6) is 0 Å². The first-order chi connectivity index (χ1) is 9.34. The topological polar surface area (TPSA) is 104 Å². The van der Waals surface area contributed by atoms with Crippen molar-refractivity contribution in [3.8, 4) is 0 Å². The predicted molar refractivity (Wildman–Crippen MR) is 71.3 cm³/mol. The Bertz CT molecular complexity index is 344. The number of ether oxygens (including phenoxy) is 1. The molecule has 7 nitrogen and oxygen atoms in total. The summed E-state index contributed by atoms with van der Waals surface area (Å²) in [6.45, 7) is 2.95. The van der Waals surface area contributed by atoms with Crippen molar-refractivity contribution < 1.29 is 29.3 Å². The molecule has 0 saturated heterocycles. The fraction of sp³-hybridized carbons (Fsp3) is 0.769. The van der Waals surface area contributed by atoms with Gasteiger partial charge in [-0.1, -0.05) is 26.7 Å². The van der Waals surface area contributed by atoms with Crippen LogP contribution in [0.15, 0.2) is 0 Å². The molecule has 0 rings (SSSR count). The van der Waals surface area contributed by atoms with Crippen molar-refractivity contribution >= 4 is 17.8 Å². The molecule has 2 atom stereocenters. The van der Waals surface area contributed by atoms with Gasteiger partial charge in [-0.3, -0.25) is 9.59 Å². The van der Waals surface area contributed by atoms with Crippen molar-refractivity contribution in [1.29, 1.82) is 0 Å². The molecule has 2 unspecified atom stereocenters. The van der Waals surface area contributed by atoms with E-state index < -0.39 is 29.8 Å². The highest BCUT2D eigenvalue weighted by atomic mass is 16.5. The number of amides is 1. The summed E-state index contributed by atoms with van der Waals surface area (Å²) in [4.78, 5) is 35.3. The molecular weight excluding hydrogens is 266 g/mol. The lowest BCUT2D eigenvalue weighted by Crippen LogP contribution is -2.49. The Morgan fingerprint density at radius 1 is 1.20 bits per heavy atom. The fourth-order valence-electron chi connectivity index (χ4n) is 1.79. The molecule has 1 amide bonds. The number of carbonyl (C=O) groups is 3. The quantitative estimate of drug-likeness (QED) is 0.617. The molecule has 7 heteroatoms. The first kappa shape index (κ1) is 18.4. The van der Waals surface area contributed by atoms with Gasteiger partial charge in [-0.25, -0.2) is 4.79 Å². The molecule has 0 aromatic carbocycles. The van der Waals surface area contributed by atoms with Crippen molar-refractivity contribution in [2.45, 2.75) is 39.2 Å². The molecule has 0 bridgehead atoms. The lowest BCUT2D eigenvalue weighted by molar-refractivity contribution is -0.155. The zero-order valence-electron chi connectivity index (χ0n) is 12.2. The number of hydrogen-bond acceptors (Lipinski definition) is 4. The van der Waals surface area contributed by atoms with Crippen molar-refractivity contribution in [1.82, 2.24) is 4.90 Å². The van der Waals surface area contributed by atoms with E-state index in [-0.39, 0.29) is 13.2 Å². The maximum atomic E-state index is 12.0. The second kappa shape index (κ2) is 9.30. The van der Waals surface area contributed by atoms with Crippen LogP contribution in [0.1, 0.15) is 33.1 Å². The molecular formula is C13H23NO6. The molecule has 0 radical (unpaired) electrons. The van der Waals surface area contributed by atoms with Crippen LogP contribution < -0.4 is 0 Å². The van der Waals surface area contributed by atoms with Gasteiger partial charge in [0.1, 0.15) is 12.6 Å². The molecule has 0 saturated carbocycles. The number of methoxy groups -OCH3 is 1. The molecule has 2 N–H and O–H groups in total. The molecule has 0 heterocycles. The molecule has 0 aromatic heterocycles. The second-order valence-corrected chi connectivity index (χ2v) is 4.71. The number of nitrogens with zero attached hydrogens (tertiary/aromatic N) is 1. The molecule has 20 heavy (non-hydrogen) atoms. The first-order valence-electron chi connectivity index (χ1n) is 6.59. The van der Waals surface area contributed by atoms with E-state index >= 15 is 0 Å². The smallest absolute Gasteiger partial charge is 0.326 e. The lowest BCUT2D eigenvalue weighted by atomic mass is 10.1. The van der Waals surface area contributed by atoms with Gasteiger partial charge in [-0.15, -0.1) is 0 Å². The Morgan fingerprint density at radius 3 is 2.20 bits per heavy atom. The van der Waals surface area contributed by atoms with E-state index in [4.69, 9.17) is 9.84 Å². The zero-order valence-corrected chi connectivity index (χ0v) is 12.2. The van der Waals surface area contributed by atoms with E-state index in [9.17, 15) is 19.5 Å². The van der Waals surface area contributed by atoms with Crippen molar-refractivity contribution in [3.05, 3.63) is 0 Å². The van der Waals surface area contributed by atoms with Crippen molar-refractivity contribution in [2.24, 2.45) is 5.92 Å². The minimum atomic E-state index is -1.12. The van der Waals surface area contributed by atoms with Gasteiger partial charge in [0.15, 0.2) is 0 Å². The minimum absolute atomic E-state index is 0.141. The van der Waals surface area contributed by atoms with Crippen molar-refractivity contribution in [3.63, 3.8) is 0 Å². The van der Waals surface area contributed by atoms with Crippen LogP contribution in [-0.4, -0.2) is 59.3 Å². The predicted octanol–water partition coefficient (Wildman–Crippen LogP) is 0.826. The number of rotatable bonds is 10. The number of carboxylic acids is 2. The van der Waals surface area contributed by atoms with Gasteiger partial charge in [0.05, 0.1) is 5.92 Å². The monoisotopic (exact) mass is 289 g/mol. The standard InChI is InChI=1S/C13H23NO6/c1-4-5-6-10(13(18)19)14(11(15)8-20-3)7-9(2)12(16)17/h9-10H,4-8H2,1-3H3,(H,16,17)(H,18,19). The third kappa shape index (κ3) is 6.01. The highest BCUT2D eigenvalue weighted by Gasteiger charge is 2.31. The Morgan fingerprint density at radius 2 is 1.80 bits per heavy atom. The molecule has 0 aliphatic heterocycles. The highest BCUT2D eigenvalue weighted by molar-refractivity contribution is 5.85. The molecule has 0 spiro atoms. The van der Waals surface area contributed by atoms with Crippen LogP contribution in [-0.2, 0) is 19.1 Å². The minimum Gasteiger partial charge on any atom is -0.481 e. The molecule has 0 aliphatic carbocycles. The summed E-state index contributed by atoms with van der Waals surface area (Å²) in [6, 6.07) is -1.01. The third-order valence-corrected chi connectivity index (χ3v) is 2.97. The summed E-state index contributed by atoms with van der Waals surface area (Å²) in [5.41, 5.74) is 0. The number of unbranched alkanes of at least 4 members (excludes halogenated alkanes) is 1. The van der Waals surface area contributed by atoms with E-state index in [1.807, 2.05) is 6.92 Å². The van der Waals surface area contributed by atoms with Gasteiger partial charge in [0.2, 0.25) is 5.91 Å². The van der Waals surface area contributed by atoms with E-state index in [0.717, 1.165) is 11.3 Å². The Labute approximate surface area is 118 Å². The highest BCUT2D eigenvalue weighted by Crippen LogP contribution is 2.13. The maximum Gasteiger partial charge on any atom is 0.326 e.